The van der Waals surface area contributed by atoms with Gasteiger partial charge in [0.1, 0.15) is 5.75 Å². The Hall–Kier alpha value is -0.580. The normalized spacial score (nSPS) is 16.4. The van der Waals surface area contributed by atoms with Crippen molar-refractivity contribution in [3.63, 3.8) is 0 Å². The molecule has 1 aromatic rings. The van der Waals surface area contributed by atoms with Gasteiger partial charge in [-0.05, 0) is 59.3 Å². The molecule has 4 heteroatoms. The van der Waals surface area contributed by atoms with Crippen molar-refractivity contribution >= 4 is 15.9 Å². The predicted molar refractivity (Wildman–Crippen MR) is 80.7 cm³/mol. The first kappa shape index (κ1) is 14.8. The second-order valence-corrected chi connectivity index (χ2v) is 5.94. The van der Waals surface area contributed by atoms with Crippen LogP contribution in [-0.2, 0) is 4.74 Å². The first-order valence-corrected chi connectivity index (χ1v) is 7.64. The van der Waals surface area contributed by atoms with Crippen molar-refractivity contribution in [1.82, 2.24) is 5.32 Å². The van der Waals surface area contributed by atoms with Crippen molar-refractivity contribution in [3.05, 3.63) is 28.2 Å². The van der Waals surface area contributed by atoms with Crippen molar-refractivity contribution < 1.29 is 9.47 Å². The minimum absolute atomic E-state index is 0.312. The molecule has 0 amide bonds. The first-order valence-electron chi connectivity index (χ1n) is 6.85. The summed E-state index contributed by atoms with van der Waals surface area (Å²) in [5.41, 5.74) is 1.25. The summed E-state index contributed by atoms with van der Waals surface area (Å²) in [7, 11) is 1.68. The number of methoxy groups -OCH3 is 1. The van der Waals surface area contributed by atoms with Crippen molar-refractivity contribution in [3.8, 4) is 5.75 Å². The van der Waals surface area contributed by atoms with Gasteiger partial charge in [-0.2, -0.15) is 0 Å². The standard InChI is InChI=1S/C15H22BrNO2/c1-11(17-7-8-19-10-12-3-4-12)13-5-6-15(18-2)14(16)9-13/h5-6,9,11-12,17H,3-4,7-8,10H2,1-2H3. The Bertz CT molecular complexity index is 407. The van der Waals surface area contributed by atoms with Gasteiger partial charge in [-0.1, -0.05) is 6.07 Å². The summed E-state index contributed by atoms with van der Waals surface area (Å²) in [5, 5.41) is 3.47. The summed E-state index contributed by atoms with van der Waals surface area (Å²) in [6.45, 7) is 4.77. The fraction of sp³-hybridized carbons (Fsp3) is 0.600. The van der Waals surface area contributed by atoms with Gasteiger partial charge < -0.3 is 14.8 Å². The molecule has 1 unspecified atom stereocenters. The van der Waals surface area contributed by atoms with Gasteiger partial charge in [0.15, 0.2) is 0 Å². The van der Waals surface area contributed by atoms with E-state index in [0.717, 1.165) is 35.9 Å². The van der Waals surface area contributed by atoms with Crippen molar-refractivity contribution in [1.29, 1.82) is 0 Å². The summed E-state index contributed by atoms with van der Waals surface area (Å²) in [6, 6.07) is 6.49. The Labute approximate surface area is 123 Å². The molecule has 2 rings (SSSR count). The molecule has 1 N–H and O–H groups in total. The predicted octanol–water partition coefficient (Wildman–Crippen LogP) is 3.53. The van der Waals surface area contributed by atoms with Crippen LogP contribution in [0.3, 0.4) is 0 Å². The highest BCUT2D eigenvalue weighted by Gasteiger charge is 2.20. The largest absolute Gasteiger partial charge is 0.496 e. The van der Waals surface area contributed by atoms with Gasteiger partial charge in [0.25, 0.3) is 0 Å². The van der Waals surface area contributed by atoms with Gasteiger partial charge in [-0.25, -0.2) is 0 Å². The van der Waals surface area contributed by atoms with Gasteiger partial charge in [-0.15, -0.1) is 0 Å². The highest BCUT2D eigenvalue weighted by atomic mass is 79.9. The molecule has 1 atom stereocenters. The van der Waals surface area contributed by atoms with Crippen LogP contribution in [0.15, 0.2) is 22.7 Å². The Kier molecular flexibility index (Phi) is 5.67. The van der Waals surface area contributed by atoms with Crippen molar-refractivity contribution in [2.24, 2.45) is 5.92 Å². The van der Waals surface area contributed by atoms with E-state index in [2.05, 4.69) is 40.3 Å². The fourth-order valence-corrected chi connectivity index (χ4v) is 2.51. The summed E-state index contributed by atoms with van der Waals surface area (Å²) < 4.78 is 11.8. The Morgan fingerprint density at radius 3 is 2.84 bits per heavy atom. The maximum atomic E-state index is 5.61. The number of ether oxygens (including phenoxy) is 2. The molecule has 19 heavy (non-hydrogen) atoms. The van der Waals surface area contributed by atoms with E-state index in [9.17, 15) is 0 Å². The van der Waals surface area contributed by atoms with Crippen LogP contribution in [-0.4, -0.2) is 26.9 Å². The molecular weight excluding hydrogens is 306 g/mol. The Morgan fingerprint density at radius 1 is 1.42 bits per heavy atom. The molecule has 0 bridgehead atoms. The lowest BCUT2D eigenvalue weighted by Crippen LogP contribution is -2.23. The topological polar surface area (TPSA) is 30.5 Å². The molecule has 1 saturated carbocycles. The molecule has 0 spiro atoms. The van der Waals surface area contributed by atoms with Crippen LogP contribution in [0.25, 0.3) is 0 Å². The van der Waals surface area contributed by atoms with Crippen LogP contribution in [0.1, 0.15) is 31.4 Å². The summed E-state index contributed by atoms with van der Waals surface area (Å²) in [5.74, 6) is 1.71. The van der Waals surface area contributed by atoms with Crippen LogP contribution in [0.5, 0.6) is 5.75 Å². The molecule has 0 radical (unpaired) electrons. The molecule has 1 fully saturated rings. The van der Waals surface area contributed by atoms with Gasteiger partial charge in [0, 0.05) is 19.2 Å². The van der Waals surface area contributed by atoms with E-state index in [1.165, 1.54) is 18.4 Å². The van der Waals surface area contributed by atoms with Gasteiger partial charge in [0.2, 0.25) is 0 Å². The van der Waals surface area contributed by atoms with E-state index in [0.29, 0.717) is 6.04 Å². The minimum Gasteiger partial charge on any atom is -0.496 e. The first-order chi connectivity index (χ1) is 9.20. The van der Waals surface area contributed by atoms with E-state index in [1.807, 2.05) is 6.07 Å². The van der Waals surface area contributed by atoms with Crippen molar-refractivity contribution in [2.45, 2.75) is 25.8 Å². The molecule has 0 heterocycles. The Morgan fingerprint density at radius 2 is 2.21 bits per heavy atom. The van der Waals surface area contributed by atoms with Crippen LogP contribution in [0.2, 0.25) is 0 Å². The zero-order valence-electron chi connectivity index (χ0n) is 11.6. The van der Waals surface area contributed by atoms with Crippen LogP contribution < -0.4 is 10.1 Å². The SMILES string of the molecule is COc1ccc(C(C)NCCOCC2CC2)cc1Br. The smallest absolute Gasteiger partial charge is 0.133 e. The molecule has 106 valence electrons. The highest BCUT2D eigenvalue weighted by Crippen LogP contribution is 2.29. The van der Waals surface area contributed by atoms with Gasteiger partial charge in [0.05, 0.1) is 18.2 Å². The summed E-state index contributed by atoms with van der Waals surface area (Å²) in [4.78, 5) is 0. The molecule has 1 aliphatic carbocycles. The molecule has 3 nitrogen and oxygen atoms in total. The summed E-state index contributed by atoms with van der Waals surface area (Å²) in [6.07, 6.45) is 2.70. The number of hydrogen-bond donors (Lipinski definition) is 1. The highest BCUT2D eigenvalue weighted by molar-refractivity contribution is 9.10. The summed E-state index contributed by atoms with van der Waals surface area (Å²) >= 11 is 3.51. The number of nitrogens with one attached hydrogen (secondary N) is 1. The van der Waals surface area contributed by atoms with Crippen LogP contribution >= 0.6 is 15.9 Å². The molecule has 1 aromatic carbocycles. The van der Waals surface area contributed by atoms with Crippen LogP contribution in [0, 0.1) is 5.92 Å². The molecule has 0 aliphatic heterocycles. The van der Waals surface area contributed by atoms with E-state index in [-0.39, 0.29) is 0 Å². The van der Waals surface area contributed by atoms with E-state index in [1.54, 1.807) is 7.11 Å². The molecular formula is C15H22BrNO2. The maximum Gasteiger partial charge on any atom is 0.133 e. The zero-order valence-corrected chi connectivity index (χ0v) is 13.2. The number of hydrogen-bond acceptors (Lipinski definition) is 3. The minimum atomic E-state index is 0.312. The van der Waals surface area contributed by atoms with Gasteiger partial charge in [-0.3, -0.25) is 0 Å². The van der Waals surface area contributed by atoms with E-state index < -0.39 is 0 Å². The second-order valence-electron chi connectivity index (χ2n) is 5.09. The average Bonchev–Trinajstić information content (AvgIpc) is 3.22. The molecule has 1 aliphatic rings. The van der Waals surface area contributed by atoms with E-state index >= 15 is 0 Å². The lowest BCUT2D eigenvalue weighted by atomic mass is 10.1. The molecule has 0 aromatic heterocycles. The number of benzene rings is 1. The average molecular weight is 328 g/mol. The Balaban J connectivity index is 1.71. The quantitative estimate of drug-likeness (QED) is 0.741. The number of halogens is 1. The lowest BCUT2D eigenvalue weighted by molar-refractivity contribution is 0.124. The number of rotatable bonds is 8. The monoisotopic (exact) mass is 327 g/mol. The zero-order chi connectivity index (χ0) is 13.7. The van der Waals surface area contributed by atoms with Gasteiger partial charge >= 0.3 is 0 Å². The van der Waals surface area contributed by atoms with Crippen LogP contribution in [0.4, 0.5) is 0 Å². The third-order valence-electron chi connectivity index (χ3n) is 3.42. The third kappa shape index (κ3) is 4.79. The second kappa shape index (κ2) is 7.27. The lowest BCUT2D eigenvalue weighted by Gasteiger charge is -2.15. The van der Waals surface area contributed by atoms with Crippen molar-refractivity contribution in [2.75, 3.05) is 26.9 Å². The molecule has 0 saturated heterocycles. The maximum absolute atomic E-state index is 5.61. The van der Waals surface area contributed by atoms with E-state index in [4.69, 9.17) is 9.47 Å². The third-order valence-corrected chi connectivity index (χ3v) is 4.04. The fourth-order valence-electron chi connectivity index (χ4n) is 1.95.